The summed E-state index contributed by atoms with van der Waals surface area (Å²) < 4.78 is 0. The summed E-state index contributed by atoms with van der Waals surface area (Å²) in [6.45, 7) is 2.24. The van der Waals surface area contributed by atoms with Gasteiger partial charge in [0.1, 0.15) is 5.78 Å². The highest BCUT2D eigenvalue weighted by Gasteiger charge is 2.77. The van der Waals surface area contributed by atoms with Crippen LogP contribution in [0.1, 0.15) is 26.2 Å². The molecule has 54 valence electrons. The molecule has 4 bridgehead atoms. The summed E-state index contributed by atoms with van der Waals surface area (Å²) in [6, 6.07) is 0. The normalized spacial score (nSPS) is 61.7. The first-order chi connectivity index (χ1) is 4.79. The maximum Gasteiger partial charge on any atom is 0.139 e. The quantitative estimate of drug-likeness (QED) is 0.535. The average Bonchev–Trinajstić information content (AvgIpc) is 2.36. The molecular formula is C9H12O. The molecule has 4 saturated carbocycles. The lowest BCUT2D eigenvalue weighted by molar-refractivity contribution is -0.120. The van der Waals surface area contributed by atoms with E-state index in [0.717, 1.165) is 5.92 Å². The Kier molecular flexibility index (Phi) is 0.637. The van der Waals surface area contributed by atoms with Crippen LogP contribution in [-0.4, -0.2) is 5.78 Å². The fraction of sp³-hybridized carbons (Fsp3) is 0.889. The monoisotopic (exact) mass is 136 g/mol. The van der Waals surface area contributed by atoms with Crippen molar-refractivity contribution in [3.8, 4) is 0 Å². The van der Waals surface area contributed by atoms with Gasteiger partial charge in [-0.3, -0.25) is 4.79 Å². The molecular weight excluding hydrogens is 124 g/mol. The highest BCUT2D eigenvalue weighted by molar-refractivity contribution is 5.93. The zero-order valence-electron chi connectivity index (χ0n) is 6.26. The van der Waals surface area contributed by atoms with Gasteiger partial charge in [0.2, 0.25) is 0 Å². The van der Waals surface area contributed by atoms with Gasteiger partial charge in [-0.05, 0) is 30.6 Å². The number of hydrogen-bond acceptors (Lipinski definition) is 1. The Morgan fingerprint density at radius 2 is 2.50 bits per heavy atom. The molecule has 0 aromatic carbocycles. The molecule has 4 rings (SSSR count). The van der Waals surface area contributed by atoms with Crippen LogP contribution in [0.15, 0.2) is 0 Å². The van der Waals surface area contributed by atoms with Crippen LogP contribution >= 0.6 is 0 Å². The highest BCUT2D eigenvalue weighted by atomic mass is 16.1. The number of Topliss-reactive ketones (excluding diaryl/α,β-unsaturated/α-hetero) is 1. The molecule has 0 spiro atoms. The van der Waals surface area contributed by atoms with Crippen molar-refractivity contribution in [2.45, 2.75) is 26.2 Å². The Labute approximate surface area is 60.8 Å². The van der Waals surface area contributed by atoms with Crippen LogP contribution in [0, 0.1) is 23.2 Å². The van der Waals surface area contributed by atoms with Crippen LogP contribution in [0.25, 0.3) is 0 Å². The fourth-order valence-corrected chi connectivity index (χ4v) is 3.65. The Balaban J connectivity index is 2.08. The number of carbonyl (C=O) groups excluding carboxylic acids is 1. The lowest BCUT2D eigenvalue weighted by Crippen LogP contribution is -2.00. The molecule has 4 aliphatic carbocycles. The third-order valence-electron chi connectivity index (χ3n) is 4.18. The van der Waals surface area contributed by atoms with Gasteiger partial charge in [0.15, 0.2) is 0 Å². The second-order valence-corrected chi connectivity index (χ2v) is 4.21. The third kappa shape index (κ3) is 0.301. The molecule has 10 heavy (non-hydrogen) atoms. The van der Waals surface area contributed by atoms with E-state index in [-0.39, 0.29) is 0 Å². The molecule has 0 radical (unpaired) electrons. The molecule has 0 aromatic heterocycles. The highest BCUT2D eigenvalue weighted by Crippen LogP contribution is 2.78. The molecule has 0 aromatic rings. The van der Waals surface area contributed by atoms with Crippen molar-refractivity contribution < 1.29 is 4.79 Å². The van der Waals surface area contributed by atoms with Crippen molar-refractivity contribution in [2.24, 2.45) is 23.2 Å². The van der Waals surface area contributed by atoms with Gasteiger partial charge in [0, 0.05) is 11.8 Å². The predicted octanol–water partition coefficient (Wildman–Crippen LogP) is 1.62. The first-order valence-electron chi connectivity index (χ1n) is 4.33. The van der Waals surface area contributed by atoms with Gasteiger partial charge in [-0.1, -0.05) is 6.92 Å². The minimum atomic E-state index is 0.509. The second-order valence-electron chi connectivity index (χ2n) is 4.21. The topological polar surface area (TPSA) is 17.1 Å². The van der Waals surface area contributed by atoms with Gasteiger partial charge in [-0.2, -0.15) is 0 Å². The first kappa shape index (κ1) is 5.34. The Morgan fingerprint density at radius 1 is 1.70 bits per heavy atom. The molecule has 4 fully saturated rings. The molecule has 0 N–H and O–H groups in total. The largest absolute Gasteiger partial charge is 0.299 e. The minimum absolute atomic E-state index is 0.509. The fourth-order valence-electron chi connectivity index (χ4n) is 3.65. The van der Waals surface area contributed by atoms with Crippen molar-refractivity contribution in [3.63, 3.8) is 0 Å². The van der Waals surface area contributed by atoms with E-state index in [1.807, 2.05) is 0 Å². The SMILES string of the molecule is CC[C@]12C[C@@H]3C[C@@H]1[C@@H]2C3=O. The lowest BCUT2D eigenvalue weighted by atomic mass is 10.0. The number of carbonyl (C=O) groups is 1. The second kappa shape index (κ2) is 1.19. The van der Waals surface area contributed by atoms with Crippen molar-refractivity contribution >= 4 is 5.78 Å². The third-order valence-corrected chi connectivity index (χ3v) is 4.18. The zero-order valence-corrected chi connectivity index (χ0v) is 6.26. The summed E-state index contributed by atoms with van der Waals surface area (Å²) in [5.74, 6) is 2.51. The number of ketones is 1. The van der Waals surface area contributed by atoms with Crippen molar-refractivity contribution in [1.29, 1.82) is 0 Å². The van der Waals surface area contributed by atoms with Crippen LogP contribution in [-0.2, 0) is 4.79 Å². The number of rotatable bonds is 1. The number of hydrogen-bond donors (Lipinski definition) is 0. The first-order valence-corrected chi connectivity index (χ1v) is 4.33. The van der Waals surface area contributed by atoms with E-state index in [4.69, 9.17) is 0 Å². The average molecular weight is 136 g/mol. The molecule has 1 nitrogen and oxygen atoms in total. The van der Waals surface area contributed by atoms with Gasteiger partial charge in [-0.15, -0.1) is 0 Å². The molecule has 0 amide bonds. The van der Waals surface area contributed by atoms with Gasteiger partial charge < -0.3 is 0 Å². The molecule has 0 unspecified atom stereocenters. The van der Waals surface area contributed by atoms with Crippen LogP contribution in [0.2, 0.25) is 0 Å². The van der Waals surface area contributed by atoms with Gasteiger partial charge in [0.05, 0.1) is 0 Å². The zero-order chi connectivity index (χ0) is 6.93. The van der Waals surface area contributed by atoms with E-state index in [1.54, 1.807) is 0 Å². The Morgan fingerprint density at radius 3 is 2.70 bits per heavy atom. The summed E-state index contributed by atoms with van der Waals surface area (Å²) in [5, 5.41) is 0. The summed E-state index contributed by atoms with van der Waals surface area (Å²) >= 11 is 0. The van der Waals surface area contributed by atoms with E-state index in [9.17, 15) is 4.79 Å². The van der Waals surface area contributed by atoms with E-state index in [1.165, 1.54) is 19.3 Å². The molecule has 0 saturated heterocycles. The van der Waals surface area contributed by atoms with Crippen LogP contribution < -0.4 is 0 Å². The predicted molar refractivity (Wildman–Crippen MR) is 37.4 cm³/mol. The Bertz CT molecular complexity index is 221. The van der Waals surface area contributed by atoms with Crippen molar-refractivity contribution in [1.82, 2.24) is 0 Å². The molecule has 0 heterocycles. The maximum absolute atomic E-state index is 11.4. The van der Waals surface area contributed by atoms with Crippen LogP contribution in [0.3, 0.4) is 0 Å². The van der Waals surface area contributed by atoms with Crippen LogP contribution in [0.4, 0.5) is 0 Å². The van der Waals surface area contributed by atoms with Gasteiger partial charge in [-0.25, -0.2) is 0 Å². The van der Waals surface area contributed by atoms with Crippen LogP contribution in [0.5, 0.6) is 0 Å². The van der Waals surface area contributed by atoms with E-state index in [0.29, 0.717) is 23.0 Å². The smallest absolute Gasteiger partial charge is 0.139 e. The summed E-state index contributed by atoms with van der Waals surface area (Å²) in [7, 11) is 0. The lowest BCUT2D eigenvalue weighted by Gasteiger charge is -2.02. The van der Waals surface area contributed by atoms with E-state index < -0.39 is 0 Å². The summed E-state index contributed by atoms with van der Waals surface area (Å²) in [5.41, 5.74) is 0.557. The van der Waals surface area contributed by atoms with Crippen molar-refractivity contribution in [2.75, 3.05) is 0 Å². The molecule has 4 atom stereocenters. The molecule has 4 aliphatic rings. The standard InChI is InChI=1S/C9H12O/c1-2-9-4-5-3-6(9)7(9)8(5)10/h5-7H,2-4H2,1H3/t5-,6+,7+,9-/m0/s1. The van der Waals surface area contributed by atoms with E-state index in [2.05, 4.69) is 6.92 Å². The molecule has 1 heteroatoms. The summed E-state index contributed by atoms with van der Waals surface area (Å²) in [4.78, 5) is 11.4. The van der Waals surface area contributed by atoms with Crippen molar-refractivity contribution in [3.05, 3.63) is 0 Å². The maximum atomic E-state index is 11.4. The van der Waals surface area contributed by atoms with Gasteiger partial charge in [0.25, 0.3) is 0 Å². The Hall–Kier alpha value is -0.330. The van der Waals surface area contributed by atoms with Gasteiger partial charge >= 0.3 is 0 Å². The minimum Gasteiger partial charge on any atom is -0.299 e. The molecule has 0 aliphatic heterocycles. The van der Waals surface area contributed by atoms with E-state index >= 15 is 0 Å². The summed E-state index contributed by atoms with van der Waals surface area (Å²) in [6.07, 6.45) is 3.75.